The van der Waals surface area contributed by atoms with E-state index in [1.807, 2.05) is 13.8 Å². The molecule has 0 heterocycles. The molecular formula is C14H18ClF2NO. The van der Waals surface area contributed by atoms with E-state index in [1.54, 1.807) is 0 Å². The zero-order valence-corrected chi connectivity index (χ0v) is 11.9. The minimum absolute atomic E-state index is 0.160. The predicted molar refractivity (Wildman–Crippen MR) is 72.4 cm³/mol. The molecule has 0 bridgehead atoms. The van der Waals surface area contributed by atoms with Gasteiger partial charge in [-0.15, -0.1) is 11.6 Å². The molecule has 0 aromatic heterocycles. The summed E-state index contributed by atoms with van der Waals surface area (Å²) in [7, 11) is 0. The fourth-order valence-electron chi connectivity index (χ4n) is 1.76. The molecule has 5 heteroatoms. The van der Waals surface area contributed by atoms with Crippen LogP contribution < -0.4 is 5.32 Å². The largest absolute Gasteiger partial charge is 0.351 e. The van der Waals surface area contributed by atoms with Gasteiger partial charge in [0.15, 0.2) is 0 Å². The molecule has 0 spiro atoms. The molecule has 1 rings (SSSR count). The molecule has 1 aromatic carbocycles. The van der Waals surface area contributed by atoms with Crippen molar-refractivity contribution in [1.29, 1.82) is 0 Å². The van der Waals surface area contributed by atoms with E-state index in [2.05, 4.69) is 5.32 Å². The van der Waals surface area contributed by atoms with E-state index >= 15 is 0 Å². The van der Waals surface area contributed by atoms with Crippen LogP contribution in [0.15, 0.2) is 18.2 Å². The van der Waals surface area contributed by atoms with Crippen LogP contribution in [0.3, 0.4) is 0 Å². The SMILES string of the molecule is CC(C)(CCCCl)CNC(=O)c1c(F)cccc1F. The summed E-state index contributed by atoms with van der Waals surface area (Å²) in [6.45, 7) is 4.28. The highest BCUT2D eigenvalue weighted by Gasteiger charge is 2.21. The Balaban J connectivity index is 2.66. The van der Waals surface area contributed by atoms with Gasteiger partial charge in [-0.2, -0.15) is 0 Å². The quantitative estimate of drug-likeness (QED) is 0.794. The molecule has 0 aliphatic heterocycles. The second-order valence-electron chi connectivity index (χ2n) is 5.24. The molecule has 0 saturated carbocycles. The van der Waals surface area contributed by atoms with Crippen molar-refractivity contribution in [3.8, 4) is 0 Å². The maximum absolute atomic E-state index is 13.4. The highest BCUT2D eigenvalue weighted by molar-refractivity contribution is 6.17. The summed E-state index contributed by atoms with van der Waals surface area (Å²) < 4.78 is 26.8. The number of hydrogen-bond acceptors (Lipinski definition) is 1. The molecule has 0 saturated heterocycles. The number of nitrogens with one attached hydrogen (secondary N) is 1. The van der Waals surface area contributed by atoms with Crippen molar-refractivity contribution in [2.75, 3.05) is 12.4 Å². The molecule has 0 unspecified atom stereocenters. The van der Waals surface area contributed by atoms with Crippen LogP contribution in [0.25, 0.3) is 0 Å². The number of halogens is 3. The van der Waals surface area contributed by atoms with Gasteiger partial charge in [-0.3, -0.25) is 4.79 Å². The van der Waals surface area contributed by atoms with Gasteiger partial charge in [0.05, 0.1) is 0 Å². The van der Waals surface area contributed by atoms with E-state index in [0.29, 0.717) is 12.4 Å². The van der Waals surface area contributed by atoms with Gasteiger partial charge in [-0.05, 0) is 30.4 Å². The molecule has 2 nitrogen and oxygen atoms in total. The van der Waals surface area contributed by atoms with Crippen molar-refractivity contribution in [3.05, 3.63) is 35.4 Å². The first-order valence-electron chi connectivity index (χ1n) is 6.15. The van der Waals surface area contributed by atoms with Gasteiger partial charge in [-0.1, -0.05) is 19.9 Å². The normalized spacial score (nSPS) is 11.4. The minimum Gasteiger partial charge on any atom is -0.351 e. The molecule has 1 N–H and O–H groups in total. The van der Waals surface area contributed by atoms with Crippen molar-refractivity contribution in [3.63, 3.8) is 0 Å². The van der Waals surface area contributed by atoms with Crippen molar-refractivity contribution >= 4 is 17.5 Å². The molecule has 106 valence electrons. The molecule has 0 aliphatic rings. The van der Waals surface area contributed by atoms with Crippen LogP contribution in [-0.2, 0) is 0 Å². The standard InChI is InChI=1S/C14H18ClF2NO/c1-14(2,7-4-8-15)9-18-13(19)12-10(16)5-3-6-11(12)17/h3,5-6H,4,7-9H2,1-2H3,(H,18,19). The van der Waals surface area contributed by atoms with Crippen molar-refractivity contribution < 1.29 is 13.6 Å². The molecular weight excluding hydrogens is 272 g/mol. The summed E-state index contributed by atoms with van der Waals surface area (Å²) in [5.41, 5.74) is -0.692. The Bertz CT molecular complexity index is 429. The van der Waals surface area contributed by atoms with Crippen molar-refractivity contribution in [1.82, 2.24) is 5.32 Å². The lowest BCUT2D eigenvalue weighted by molar-refractivity contribution is 0.0926. The topological polar surface area (TPSA) is 29.1 Å². The highest BCUT2D eigenvalue weighted by Crippen LogP contribution is 2.22. The maximum Gasteiger partial charge on any atom is 0.257 e. The van der Waals surface area contributed by atoms with Gasteiger partial charge in [0.25, 0.3) is 5.91 Å². The molecule has 19 heavy (non-hydrogen) atoms. The van der Waals surface area contributed by atoms with Gasteiger partial charge in [0.2, 0.25) is 0 Å². The number of amides is 1. The summed E-state index contributed by atoms with van der Waals surface area (Å²) in [6.07, 6.45) is 1.66. The number of rotatable bonds is 6. The highest BCUT2D eigenvalue weighted by atomic mass is 35.5. The lowest BCUT2D eigenvalue weighted by Gasteiger charge is -2.24. The Morgan fingerprint density at radius 1 is 1.32 bits per heavy atom. The van der Waals surface area contributed by atoms with Crippen LogP contribution in [0.2, 0.25) is 0 Å². The van der Waals surface area contributed by atoms with Gasteiger partial charge < -0.3 is 5.32 Å². The lowest BCUT2D eigenvalue weighted by Crippen LogP contribution is -2.35. The van der Waals surface area contributed by atoms with Crippen LogP contribution in [0.4, 0.5) is 8.78 Å². The second kappa shape index (κ2) is 6.85. The third-order valence-corrected chi connectivity index (χ3v) is 3.17. The first kappa shape index (κ1) is 15.9. The number of benzene rings is 1. The number of hydrogen-bond donors (Lipinski definition) is 1. The van der Waals surface area contributed by atoms with E-state index in [0.717, 1.165) is 25.0 Å². The monoisotopic (exact) mass is 289 g/mol. The van der Waals surface area contributed by atoms with E-state index in [1.165, 1.54) is 6.07 Å². The fourth-order valence-corrected chi connectivity index (χ4v) is 1.89. The third kappa shape index (κ3) is 4.78. The zero-order valence-electron chi connectivity index (χ0n) is 11.1. The summed E-state index contributed by atoms with van der Waals surface area (Å²) in [5.74, 6) is -1.87. The lowest BCUT2D eigenvalue weighted by atomic mass is 9.88. The van der Waals surface area contributed by atoms with E-state index in [-0.39, 0.29) is 5.41 Å². The van der Waals surface area contributed by atoms with E-state index in [4.69, 9.17) is 11.6 Å². The molecule has 0 aliphatic carbocycles. The predicted octanol–water partition coefficient (Wildman–Crippen LogP) is 3.74. The molecule has 0 radical (unpaired) electrons. The van der Waals surface area contributed by atoms with Crippen LogP contribution in [0.5, 0.6) is 0 Å². The number of alkyl halides is 1. The third-order valence-electron chi connectivity index (χ3n) is 2.90. The smallest absolute Gasteiger partial charge is 0.257 e. The van der Waals surface area contributed by atoms with Crippen LogP contribution in [0.1, 0.15) is 37.0 Å². The van der Waals surface area contributed by atoms with Gasteiger partial charge >= 0.3 is 0 Å². The van der Waals surface area contributed by atoms with Gasteiger partial charge in [-0.25, -0.2) is 8.78 Å². The van der Waals surface area contributed by atoms with Crippen LogP contribution >= 0.6 is 11.6 Å². The Kier molecular flexibility index (Phi) is 5.73. The summed E-state index contributed by atoms with van der Waals surface area (Å²) >= 11 is 5.62. The van der Waals surface area contributed by atoms with Gasteiger partial charge in [0, 0.05) is 12.4 Å². The van der Waals surface area contributed by atoms with Crippen LogP contribution in [0, 0.1) is 17.0 Å². The Labute approximate surface area is 117 Å². The maximum atomic E-state index is 13.4. The Hall–Kier alpha value is -1.16. The molecule has 1 aromatic rings. The summed E-state index contributed by atoms with van der Waals surface area (Å²) in [4.78, 5) is 11.8. The van der Waals surface area contributed by atoms with E-state index < -0.39 is 23.1 Å². The fraction of sp³-hybridized carbons (Fsp3) is 0.500. The first-order chi connectivity index (χ1) is 8.87. The van der Waals surface area contributed by atoms with Gasteiger partial charge in [0.1, 0.15) is 17.2 Å². The molecule has 0 atom stereocenters. The molecule has 1 amide bonds. The van der Waals surface area contributed by atoms with E-state index in [9.17, 15) is 13.6 Å². The Morgan fingerprint density at radius 2 is 1.89 bits per heavy atom. The zero-order chi connectivity index (χ0) is 14.5. The second-order valence-corrected chi connectivity index (χ2v) is 5.61. The first-order valence-corrected chi connectivity index (χ1v) is 6.69. The summed E-state index contributed by atoms with van der Waals surface area (Å²) in [6, 6.07) is 3.36. The van der Waals surface area contributed by atoms with Crippen molar-refractivity contribution in [2.24, 2.45) is 5.41 Å². The van der Waals surface area contributed by atoms with Crippen molar-refractivity contribution in [2.45, 2.75) is 26.7 Å². The average Bonchev–Trinajstić information content (AvgIpc) is 2.34. The minimum atomic E-state index is -0.851. The molecule has 0 fully saturated rings. The Morgan fingerprint density at radius 3 is 2.42 bits per heavy atom. The van der Waals surface area contributed by atoms with Crippen LogP contribution in [-0.4, -0.2) is 18.3 Å². The number of carbonyl (C=O) groups is 1. The average molecular weight is 290 g/mol. The summed E-state index contributed by atoms with van der Waals surface area (Å²) in [5, 5.41) is 2.57. The number of carbonyl (C=O) groups excluding carboxylic acids is 1.